The van der Waals surface area contributed by atoms with Crippen LogP contribution in [0.3, 0.4) is 0 Å². The summed E-state index contributed by atoms with van der Waals surface area (Å²) in [5.41, 5.74) is 2.91. The lowest BCUT2D eigenvalue weighted by Gasteiger charge is -2.15. The number of aromatic nitrogens is 3. The van der Waals surface area contributed by atoms with E-state index in [2.05, 4.69) is 39.9 Å². The van der Waals surface area contributed by atoms with Crippen molar-refractivity contribution >= 4 is 11.3 Å². The van der Waals surface area contributed by atoms with Gasteiger partial charge < -0.3 is 0 Å². The minimum absolute atomic E-state index is 0.259. The Balaban J connectivity index is 1.80. The summed E-state index contributed by atoms with van der Waals surface area (Å²) >= 11 is 1.82. The lowest BCUT2D eigenvalue weighted by Crippen LogP contribution is -2.37. The highest BCUT2D eigenvalue weighted by molar-refractivity contribution is 7.09. The molecule has 0 aliphatic heterocycles. The van der Waals surface area contributed by atoms with Crippen LogP contribution in [-0.2, 0) is 19.4 Å². The van der Waals surface area contributed by atoms with E-state index >= 15 is 0 Å². The maximum Gasteiger partial charge on any atom is 0.138 e. The van der Waals surface area contributed by atoms with Crippen molar-refractivity contribution in [1.29, 1.82) is 0 Å². The molecule has 0 spiro atoms. The van der Waals surface area contributed by atoms with E-state index in [4.69, 9.17) is 5.84 Å². The molecule has 0 aromatic carbocycles. The van der Waals surface area contributed by atoms with Gasteiger partial charge in [0.1, 0.15) is 12.2 Å². The van der Waals surface area contributed by atoms with Crippen molar-refractivity contribution in [3.8, 4) is 0 Å². The molecule has 2 heterocycles. The first kappa shape index (κ1) is 15.2. The molecule has 0 bridgehead atoms. The third-order valence-corrected chi connectivity index (χ3v) is 4.29. The van der Waals surface area contributed by atoms with Crippen molar-refractivity contribution < 1.29 is 0 Å². The highest BCUT2D eigenvalue weighted by Crippen LogP contribution is 2.14. The number of nitrogens with two attached hydrogens (primary N) is 1. The molecule has 20 heavy (non-hydrogen) atoms. The third-order valence-electron chi connectivity index (χ3n) is 3.35. The molecular formula is C14H23N5S. The number of hydrogen-bond acceptors (Lipinski definition) is 5. The highest BCUT2D eigenvalue weighted by atomic mass is 32.1. The predicted molar refractivity (Wildman–Crippen MR) is 82.4 cm³/mol. The van der Waals surface area contributed by atoms with Gasteiger partial charge in [-0.05, 0) is 37.1 Å². The fraction of sp³-hybridized carbons (Fsp3) is 0.571. The second kappa shape index (κ2) is 8.14. The number of nitrogens with one attached hydrogen (secondary N) is 1. The monoisotopic (exact) mass is 293 g/mol. The quantitative estimate of drug-likeness (QED) is 0.549. The smallest absolute Gasteiger partial charge is 0.138 e. The van der Waals surface area contributed by atoms with Gasteiger partial charge in [0.2, 0.25) is 0 Å². The standard InChI is InChI=1S/C14H23N5S/c1-2-8-19-14(16-11-17-19)10-12(18-15)5-3-6-13-7-4-9-20-13/h4,7,9,11-12,18H,2-3,5-6,8,10,15H2,1H3. The molecule has 3 N–H and O–H groups in total. The zero-order valence-corrected chi connectivity index (χ0v) is 12.8. The number of hydrogen-bond donors (Lipinski definition) is 2. The van der Waals surface area contributed by atoms with Crippen molar-refractivity contribution in [3.05, 3.63) is 34.5 Å². The molecule has 0 aliphatic rings. The first-order chi connectivity index (χ1) is 9.83. The SMILES string of the molecule is CCCn1ncnc1CC(CCCc1cccs1)NN. The van der Waals surface area contributed by atoms with E-state index in [9.17, 15) is 0 Å². The largest absolute Gasteiger partial charge is 0.271 e. The lowest BCUT2D eigenvalue weighted by atomic mass is 10.1. The third kappa shape index (κ3) is 4.40. The summed E-state index contributed by atoms with van der Waals surface area (Å²) in [6.07, 6.45) is 6.84. The molecule has 2 aromatic rings. The molecule has 0 radical (unpaired) electrons. The second-order valence-electron chi connectivity index (χ2n) is 4.94. The number of rotatable bonds is 9. The van der Waals surface area contributed by atoms with Crippen LogP contribution in [0.15, 0.2) is 23.8 Å². The maximum atomic E-state index is 5.67. The molecule has 0 amide bonds. The lowest BCUT2D eigenvalue weighted by molar-refractivity contribution is 0.451. The molecule has 0 saturated carbocycles. The van der Waals surface area contributed by atoms with Crippen LogP contribution in [-0.4, -0.2) is 20.8 Å². The average molecular weight is 293 g/mol. The number of nitrogens with zero attached hydrogens (tertiary/aromatic N) is 3. The summed E-state index contributed by atoms with van der Waals surface area (Å²) in [5, 5.41) is 6.38. The van der Waals surface area contributed by atoms with E-state index in [1.807, 2.05) is 16.0 Å². The summed E-state index contributed by atoms with van der Waals surface area (Å²) in [7, 11) is 0. The van der Waals surface area contributed by atoms with Crippen LogP contribution >= 0.6 is 11.3 Å². The van der Waals surface area contributed by atoms with E-state index in [0.717, 1.165) is 44.5 Å². The fourth-order valence-corrected chi connectivity index (χ4v) is 3.04. The van der Waals surface area contributed by atoms with Gasteiger partial charge in [0.25, 0.3) is 0 Å². The summed E-state index contributed by atoms with van der Waals surface area (Å²) in [4.78, 5) is 5.78. The van der Waals surface area contributed by atoms with Gasteiger partial charge in [-0.3, -0.25) is 16.0 Å². The van der Waals surface area contributed by atoms with E-state index in [0.29, 0.717) is 0 Å². The highest BCUT2D eigenvalue weighted by Gasteiger charge is 2.12. The number of aryl methyl sites for hydroxylation is 2. The maximum absolute atomic E-state index is 5.67. The predicted octanol–water partition coefficient (Wildman–Crippen LogP) is 2.15. The Morgan fingerprint density at radius 1 is 1.50 bits per heavy atom. The van der Waals surface area contributed by atoms with Crippen LogP contribution in [0.25, 0.3) is 0 Å². The van der Waals surface area contributed by atoms with Crippen molar-refractivity contribution in [3.63, 3.8) is 0 Å². The fourth-order valence-electron chi connectivity index (χ4n) is 2.29. The molecule has 1 unspecified atom stereocenters. The Morgan fingerprint density at radius 3 is 3.10 bits per heavy atom. The summed E-state index contributed by atoms with van der Waals surface area (Å²) in [6, 6.07) is 4.55. The van der Waals surface area contributed by atoms with Crippen molar-refractivity contribution in [2.45, 2.75) is 51.6 Å². The Kier molecular flexibility index (Phi) is 6.17. The Hall–Kier alpha value is -1.24. The molecule has 2 rings (SSSR count). The van der Waals surface area contributed by atoms with Crippen LogP contribution in [0.2, 0.25) is 0 Å². The van der Waals surface area contributed by atoms with E-state index in [1.165, 1.54) is 4.88 Å². The number of thiophene rings is 1. The molecule has 6 heteroatoms. The van der Waals surface area contributed by atoms with Crippen LogP contribution in [0, 0.1) is 0 Å². The normalized spacial score (nSPS) is 12.7. The molecule has 5 nitrogen and oxygen atoms in total. The molecule has 0 saturated heterocycles. The zero-order valence-electron chi connectivity index (χ0n) is 12.0. The van der Waals surface area contributed by atoms with Crippen molar-refractivity contribution in [2.24, 2.45) is 5.84 Å². The van der Waals surface area contributed by atoms with Crippen LogP contribution < -0.4 is 11.3 Å². The van der Waals surface area contributed by atoms with Crippen molar-refractivity contribution in [1.82, 2.24) is 20.2 Å². The first-order valence-electron chi connectivity index (χ1n) is 7.18. The van der Waals surface area contributed by atoms with E-state index < -0.39 is 0 Å². The summed E-state index contributed by atoms with van der Waals surface area (Å²) in [6.45, 7) is 3.06. The molecule has 0 aliphatic carbocycles. The van der Waals surface area contributed by atoms with Gasteiger partial charge in [-0.1, -0.05) is 13.0 Å². The molecule has 1 atom stereocenters. The zero-order chi connectivity index (χ0) is 14.2. The second-order valence-corrected chi connectivity index (χ2v) is 5.97. The minimum atomic E-state index is 0.259. The molecule has 2 aromatic heterocycles. The number of hydrazine groups is 1. The molecular weight excluding hydrogens is 270 g/mol. The van der Waals surface area contributed by atoms with Crippen LogP contribution in [0.1, 0.15) is 36.9 Å². The van der Waals surface area contributed by atoms with Gasteiger partial charge in [-0.15, -0.1) is 11.3 Å². The summed E-state index contributed by atoms with van der Waals surface area (Å²) in [5.74, 6) is 6.69. The van der Waals surface area contributed by atoms with Gasteiger partial charge in [0.05, 0.1) is 0 Å². The summed E-state index contributed by atoms with van der Waals surface area (Å²) < 4.78 is 1.98. The van der Waals surface area contributed by atoms with Crippen LogP contribution in [0.4, 0.5) is 0 Å². The van der Waals surface area contributed by atoms with Gasteiger partial charge in [0, 0.05) is 23.9 Å². The molecule has 110 valence electrons. The Labute approximate surface area is 124 Å². The van der Waals surface area contributed by atoms with Crippen LogP contribution in [0.5, 0.6) is 0 Å². The molecule has 0 fully saturated rings. The first-order valence-corrected chi connectivity index (χ1v) is 8.06. The Bertz CT molecular complexity index is 479. The van der Waals surface area contributed by atoms with E-state index in [-0.39, 0.29) is 6.04 Å². The minimum Gasteiger partial charge on any atom is -0.271 e. The van der Waals surface area contributed by atoms with Gasteiger partial charge >= 0.3 is 0 Å². The average Bonchev–Trinajstić information content (AvgIpc) is 3.10. The topological polar surface area (TPSA) is 68.8 Å². The van der Waals surface area contributed by atoms with Crippen molar-refractivity contribution in [2.75, 3.05) is 0 Å². The van der Waals surface area contributed by atoms with Gasteiger partial charge in [-0.25, -0.2) is 4.98 Å². The Morgan fingerprint density at radius 2 is 2.40 bits per heavy atom. The van der Waals surface area contributed by atoms with E-state index in [1.54, 1.807) is 6.33 Å². The van der Waals surface area contributed by atoms with Gasteiger partial charge in [-0.2, -0.15) is 5.10 Å². The van der Waals surface area contributed by atoms with Gasteiger partial charge in [0.15, 0.2) is 0 Å².